The highest BCUT2D eigenvalue weighted by molar-refractivity contribution is 7.14. The maximum absolute atomic E-state index is 5.46. The Balaban J connectivity index is 2.08. The van der Waals surface area contributed by atoms with E-state index in [1.807, 2.05) is 11.4 Å². The van der Waals surface area contributed by atoms with Gasteiger partial charge in [0.05, 0.1) is 13.7 Å². The lowest BCUT2D eigenvalue weighted by Crippen LogP contribution is -2.19. The van der Waals surface area contributed by atoms with Crippen LogP contribution in [0.5, 0.6) is 5.75 Å². The minimum absolute atomic E-state index is 0.649. The van der Waals surface area contributed by atoms with Gasteiger partial charge in [0.2, 0.25) is 0 Å². The number of hydrogen-bond donors (Lipinski definition) is 1. The molecular weight excluding hydrogens is 252 g/mol. The average Bonchev–Trinajstić information content (AvgIpc) is 3.02. The summed E-state index contributed by atoms with van der Waals surface area (Å²) in [4.78, 5) is 5.20. The van der Waals surface area contributed by atoms with Crippen molar-refractivity contribution < 1.29 is 13.9 Å². The molecule has 0 bridgehead atoms. The lowest BCUT2D eigenvalue weighted by molar-refractivity contribution is 0.199. The van der Waals surface area contributed by atoms with Gasteiger partial charge in [0.15, 0.2) is 12.2 Å². The maximum Gasteiger partial charge on any atom is 0.181 e. The van der Waals surface area contributed by atoms with Gasteiger partial charge in [-0.3, -0.25) is 0 Å². The van der Waals surface area contributed by atoms with E-state index in [-0.39, 0.29) is 0 Å². The van der Waals surface area contributed by atoms with E-state index in [2.05, 4.69) is 10.3 Å². The van der Waals surface area contributed by atoms with Crippen LogP contribution in [-0.4, -0.2) is 32.4 Å². The first-order valence-electron chi connectivity index (χ1n) is 5.60. The van der Waals surface area contributed by atoms with Crippen LogP contribution in [0.4, 0.5) is 0 Å². The summed E-state index contributed by atoms with van der Waals surface area (Å²) in [5, 5.41) is 5.22. The molecule has 18 heavy (non-hydrogen) atoms. The molecule has 0 fully saturated rings. The molecule has 0 unspecified atom stereocenters. The highest BCUT2D eigenvalue weighted by Gasteiger charge is 2.16. The van der Waals surface area contributed by atoms with E-state index in [9.17, 15) is 0 Å². The Morgan fingerprint density at radius 1 is 1.44 bits per heavy atom. The van der Waals surface area contributed by atoms with Crippen molar-refractivity contribution in [3.8, 4) is 16.4 Å². The average molecular weight is 268 g/mol. The van der Waals surface area contributed by atoms with Crippen LogP contribution in [0.2, 0.25) is 0 Å². The van der Waals surface area contributed by atoms with Gasteiger partial charge in [-0.2, -0.15) is 0 Å². The molecule has 2 aromatic rings. The Labute approximate surface area is 110 Å². The fraction of sp³-hybridized carbons (Fsp3) is 0.417. The zero-order valence-electron chi connectivity index (χ0n) is 10.4. The van der Waals surface area contributed by atoms with E-state index in [0.717, 1.165) is 28.6 Å². The molecule has 1 N–H and O–H groups in total. The third-order valence-electron chi connectivity index (χ3n) is 2.47. The fourth-order valence-electron chi connectivity index (χ4n) is 1.58. The van der Waals surface area contributed by atoms with Crippen molar-refractivity contribution in [2.24, 2.45) is 0 Å². The van der Waals surface area contributed by atoms with Crippen LogP contribution in [-0.2, 0) is 11.3 Å². The summed E-state index contributed by atoms with van der Waals surface area (Å²) in [6.07, 6.45) is 1.46. The molecule has 2 heterocycles. The number of rotatable bonds is 7. The van der Waals surface area contributed by atoms with Gasteiger partial charge in [0.1, 0.15) is 16.3 Å². The van der Waals surface area contributed by atoms with Crippen molar-refractivity contribution in [2.45, 2.75) is 6.54 Å². The zero-order valence-corrected chi connectivity index (χ0v) is 11.3. The SMILES string of the molecule is COCCNCc1ncoc1-c1sccc1OC. The molecular formula is C12H16N2O3S. The molecule has 0 aromatic carbocycles. The van der Waals surface area contributed by atoms with Gasteiger partial charge in [0.25, 0.3) is 0 Å². The van der Waals surface area contributed by atoms with E-state index < -0.39 is 0 Å². The van der Waals surface area contributed by atoms with Crippen LogP contribution >= 0.6 is 11.3 Å². The molecule has 6 heteroatoms. The molecule has 2 aromatic heterocycles. The second kappa shape index (κ2) is 6.53. The van der Waals surface area contributed by atoms with Crippen molar-refractivity contribution in [3.63, 3.8) is 0 Å². The van der Waals surface area contributed by atoms with E-state index in [4.69, 9.17) is 13.9 Å². The number of methoxy groups -OCH3 is 2. The molecule has 0 aliphatic carbocycles. The Hall–Kier alpha value is -1.37. The Kier molecular flexibility index (Phi) is 4.74. The fourth-order valence-corrected chi connectivity index (χ4v) is 2.45. The molecule has 0 saturated carbocycles. The number of ether oxygens (including phenoxy) is 2. The summed E-state index contributed by atoms with van der Waals surface area (Å²) in [5.74, 6) is 1.58. The van der Waals surface area contributed by atoms with Gasteiger partial charge < -0.3 is 19.2 Å². The topological polar surface area (TPSA) is 56.5 Å². The first kappa shape index (κ1) is 13.1. The number of hydrogen-bond acceptors (Lipinski definition) is 6. The van der Waals surface area contributed by atoms with Crippen LogP contribution in [0.15, 0.2) is 22.3 Å². The van der Waals surface area contributed by atoms with Crippen LogP contribution in [0.25, 0.3) is 10.6 Å². The van der Waals surface area contributed by atoms with Crippen molar-refractivity contribution in [1.82, 2.24) is 10.3 Å². The predicted molar refractivity (Wildman–Crippen MR) is 70.0 cm³/mol. The summed E-state index contributed by atoms with van der Waals surface area (Å²) in [6.45, 7) is 2.11. The summed E-state index contributed by atoms with van der Waals surface area (Å²) >= 11 is 1.58. The maximum atomic E-state index is 5.46. The number of aromatic nitrogens is 1. The molecule has 98 valence electrons. The van der Waals surface area contributed by atoms with Crippen molar-refractivity contribution in [1.29, 1.82) is 0 Å². The standard InChI is InChI=1S/C12H16N2O3S/c1-15-5-4-13-7-9-11(17-8-14-9)12-10(16-2)3-6-18-12/h3,6,8,13H,4-5,7H2,1-2H3. The van der Waals surface area contributed by atoms with Gasteiger partial charge in [-0.05, 0) is 11.4 Å². The second-order valence-electron chi connectivity index (χ2n) is 3.62. The highest BCUT2D eigenvalue weighted by atomic mass is 32.1. The Bertz CT molecular complexity index is 481. The predicted octanol–water partition coefficient (Wildman–Crippen LogP) is 2.15. The van der Waals surface area contributed by atoms with E-state index >= 15 is 0 Å². The number of nitrogens with zero attached hydrogens (tertiary/aromatic N) is 1. The molecule has 0 amide bonds. The molecule has 0 atom stereocenters. The van der Waals surface area contributed by atoms with Crippen molar-refractivity contribution in [2.75, 3.05) is 27.4 Å². The van der Waals surface area contributed by atoms with E-state index in [1.54, 1.807) is 25.6 Å². The quantitative estimate of drug-likeness (QED) is 0.780. The number of oxazole rings is 1. The third-order valence-corrected chi connectivity index (χ3v) is 3.37. The number of thiophene rings is 1. The van der Waals surface area contributed by atoms with Gasteiger partial charge in [0, 0.05) is 20.2 Å². The Morgan fingerprint density at radius 3 is 3.11 bits per heavy atom. The van der Waals surface area contributed by atoms with Crippen LogP contribution < -0.4 is 10.1 Å². The smallest absolute Gasteiger partial charge is 0.181 e. The summed E-state index contributed by atoms with van der Waals surface area (Å²) in [7, 11) is 3.33. The first-order valence-corrected chi connectivity index (χ1v) is 6.48. The van der Waals surface area contributed by atoms with Crippen LogP contribution in [0.3, 0.4) is 0 Å². The van der Waals surface area contributed by atoms with Gasteiger partial charge in [-0.1, -0.05) is 0 Å². The molecule has 0 saturated heterocycles. The minimum atomic E-state index is 0.649. The van der Waals surface area contributed by atoms with Crippen molar-refractivity contribution in [3.05, 3.63) is 23.5 Å². The summed E-state index contributed by atoms with van der Waals surface area (Å²) in [5.41, 5.74) is 0.881. The molecule has 0 aliphatic rings. The minimum Gasteiger partial charge on any atom is -0.495 e. The largest absolute Gasteiger partial charge is 0.495 e. The molecule has 0 radical (unpaired) electrons. The van der Waals surface area contributed by atoms with Crippen molar-refractivity contribution >= 4 is 11.3 Å². The van der Waals surface area contributed by atoms with Crippen LogP contribution in [0.1, 0.15) is 5.69 Å². The summed E-state index contributed by atoms with van der Waals surface area (Å²) < 4.78 is 15.7. The van der Waals surface area contributed by atoms with Crippen LogP contribution in [0, 0.1) is 0 Å². The summed E-state index contributed by atoms with van der Waals surface area (Å²) in [6, 6.07) is 1.92. The first-order chi connectivity index (χ1) is 8.86. The molecule has 2 rings (SSSR count). The third kappa shape index (κ3) is 2.90. The molecule has 0 aliphatic heterocycles. The molecule has 5 nitrogen and oxygen atoms in total. The monoisotopic (exact) mass is 268 g/mol. The lowest BCUT2D eigenvalue weighted by Gasteiger charge is -2.04. The lowest BCUT2D eigenvalue weighted by atomic mass is 10.2. The van der Waals surface area contributed by atoms with Gasteiger partial charge >= 0.3 is 0 Å². The van der Waals surface area contributed by atoms with E-state index in [1.165, 1.54) is 6.39 Å². The highest BCUT2D eigenvalue weighted by Crippen LogP contribution is 2.36. The molecule has 0 spiro atoms. The number of nitrogens with one attached hydrogen (secondary N) is 1. The Morgan fingerprint density at radius 2 is 2.33 bits per heavy atom. The second-order valence-corrected chi connectivity index (χ2v) is 4.53. The normalized spacial score (nSPS) is 10.8. The van der Waals surface area contributed by atoms with E-state index in [0.29, 0.717) is 13.2 Å². The van der Waals surface area contributed by atoms with Gasteiger partial charge in [-0.25, -0.2) is 4.98 Å². The zero-order chi connectivity index (χ0) is 12.8. The van der Waals surface area contributed by atoms with Gasteiger partial charge in [-0.15, -0.1) is 11.3 Å².